The minimum Gasteiger partial charge on any atom is -0.434 e. The van der Waals surface area contributed by atoms with Gasteiger partial charge in [0.25, 0.3) is 5.91 Å². The van der Waals surface area contributed by atoms with Gasteiger partial charge in [0.2, 0.25) is 5.91 Å². The summed E-state index contributed by atoms with van der Waals surface area (Å²) in [5.41, 5.74) is 1.24. The Morgan fingerprint density at radius 2 is 1.98 bits per heavy atom. The highest BCUT2D eigenvalue weighted by Gasteiger charge is 2.27. The van der Waals surface area contributed by atoms with E-state index in [4.69, 9.17) is 9.47 Å². The summed E-state index contributed by atoms with van der Waals surface area (Å²) >= 11 is 1.42. The largest absolute Gasteiger partial charge is 0.434 e. The molecule has 0 radical (unpaired) electrons. The van der Waals surface area contributed by atoms with E-state index in [1.807, 2.05) is 11.2 Å². The van der Waals surface area contributed by atoms with Gasteiger partial charge in [0.05, 0.1) is 25.1 Å². The lowest BCUT2D eigenvalue weighted by Crippen LogP contribution is -2.45. The molecule has 4 aromatic rings. The van der Waals surface area contributed by atoms with E-state index in [0.717, 1.165) is 50.6 Å². The number of nitrogens with one attached hydrogen (secondary N) is 1. The fraction of sp³-hybridized carbons (Fsp3) is 0.433. The van der Waals surface area contributed by atoms with Gasteiger partial charge < -0.3 is 19.7 Å². The molecule has 2 amide bonds. The third kappa shape index (κ3) is 7.26. The van der Waals surface area contributed by atoms with Crippen LogP contribution in [-0.4, -0.2) is 105 Å². The van der Waals surface area contributed by atoms with Gasteiger partial charge >= 0.3 is 6.61 Å². The van der Waals surface area contributed by atoms with Gasteiger partial charge in [0, 0.05) is 61.8 Å². The quantitative estimate of drug-likeness (QED) is 0.259. The Morgan fingerprint density at radius 1 is 1.18 bits per heavy atom. The maximum atomic E-state index is 13.4. The number of hydrogen-bond donors (Lipinski definition) is 1. The number of alkyl halides is 2. The molecule has 1 N–H and O–H groups in total. The minimum atomic E-state index is -3.07. The zero-order valence-corrected chi connectivity index (χ0v) is 25.6. The number of benzene rings is 1. The van der Waals surface area contributed by atoms with Crippen LogP contribution in [0.4, 0.5) is 14.5 Å². The average molecular weight is 641 g/mol. The number of carbonyl (C=O) groups is 2. The van der Waals surface area contributed by atoms with Crippen molar-refractivity contribution >= 4 is 34.9 Å². The molecule has 0 bridgehead atoms. The average Bonchev–Trinajstić information content (AvgIpc) is 3.66. The van der Waals surface area contributed by atoms with Crippen LogP contribution in [0.1, 0.15) is 23.2 Å². The van der Waals surface area contributed by atoms with E-state index in [1.165, 1.54) is 39.4 Å². The van der Waals surface area contributed by atoms with Crippen LogP contribution in [0.2, 0.25) is 0 Å². The lowest BCUT2D eigenvalue weighted by Gasteiger charge is -2.36. The Morgan fingerprint density at radius 3 is 2.73 bits per heavy atom. The second-order valence-electron chi connectivity index (χ2n) is 11.0. The third-order valence-electron chi connectivity index (χ3n) is 8.08. The molecule has 5 heterocycles. The SMILES string of the molecule is CSc1ccc(OC(F)F)c(-c2nn(CC(=O)N3CCC(CN4CCOCC4)CC3)cc2NC(=O)c2cnn3cccnc23)c1. The van der Waals surface area contributed by atoms with Crippen LogP contribution >= 0.6 is 11.8 Å². The van der Waals surface area contributed by atoms with E-state index in [2.05, 4.69) is 25.4 Å². The smallest absolute Gasteiger partial charge is 0.387 e. The fourth-order valence-electron chi connectivity index (χ4n) is 5.74. The molecular formula is C30H34F2N8O4S. The van der Waals surface area contributed by atoms with Crippen LogP contribution in [0.3, 0.4) is 0 Å². The first-order valence-corrected chi connectivity index (χ1v) is 16.0. The summed E-state index contributed by atoms with van der Waals surface area (Å²) in [4.78, 5) is 36.1. The molecule has 2 fully saturated rings. The number of anilines is 1. The van der Waals surface area contributed by atoms with Gasteiger partial charge in [0.1, 0.15) is 23.6 Å². The zero-order valence-electron chi connectivity index (χ0n) is 24.8. The zero-order chi connectivity index (χ0) is 31.3. The van der Waals surface area contributed by atoms with Crippen LogP contribution in [0.15, 0.2) is 53.9 Å². The minimum absolute atomic E-state index is 0.0808. The second-order valence-corrected chi connectivity index (χ2v) is 11.8. The van der Waals surface area contributed by atoms with Gasteiger partial charge in [-0.25, -0.2) is 9.50 Å². The van der Waals surface area contributed by atoms with Crippen molar-refractivity contribution in [1.29, 1.82) is 0 Å². The number of ether oxygens (including phenoxy) is 2. The van der Waals surface area contributed by atoms with E-state index in [0.29, 0.717) is 24.7 Å². The summed E-state index contributed by atoms with van der Waals surface area (Å²) in [6, 6.07) is 6.47. The fourth-order valence-corrected chi connectivity index (χ4v) is 6.18. The van der Waals surface area contributed by atoms with E-state index in [1.54, 1.807) is 30.6 Å². The Hall–Kier alpha value is -4.08. The van der Waals surface area contributed by atoms with E-state index >= 15 is 0 Å². The van der Waals surface area contributed by atoms with E-state index < -0.39 is 12.5 Å². The molecular weight excluding hydrogens is 606 g/mol. The van der Waals surface area contributed by atoms with Crippen LogP contribution in [-0.2, 0) is 16.1 Å². The standard InChI is InChI=1S/C30H34F2N8O4S/c1-45-21-3-4-25(44-30(31)32)22(15-21)27-24(35-29(42)23-16-34-40-8-2-7-33-28(23)40)18-39(36-27)19-26(41)38-9-5-20(6-10-38)17-37-11-13-43-14-12-37/h2-4,7-8,15-16,18,20,30H,5-6,9-14,17,19H2,1H3,(H,35,42). The highest BCUT2D eigenvalue weighted by atomic mass is 32.2. The van der Waals surface area contributed by atoms with Gasteiger partial charge in [0.15, 0.2) is 5.65 Å². The van der Waals surface area contributed by atoms with Gasteiger partial charge in [-0.3, -0.25) is 19.2 Å². The molecule has 0 unspecified atom stereocenters. The normalized spacial score (nSPS) is 16.4. The summed E-state index contributed by atoms with van der Waals surface area (Å²) in [5, 5.41) is 11.6. The number of piperidine rings is 1. The van der Waals surface area contributed by atoms with Crippen molar-refractivity contribution in [2.45, 2.75) is 30.9 Å². The first-order valence-electron chi connectivity index (χ1n) is 14.8. The summed E-state index contributed by atoms with van der Waals surface area (Å²) in [7, 11) is 0. The number of rotatable bonds is 10. The van der Waals surface area contributed by atoms with Crippen molar-refractivity contribution < 1.29 is 27.8 Å². The van der Waals surface area contributed by atoms with Crippen molar-refractivity contribution in [3.8, 4) is 17.0 Å². The number of carbonyl (C=O) groups excluding carboxylic acids is 2. The Kier molecular flexibility index (Phi) is 9.56. The number of hydrogen-bond acceptors (Lipinski definition) is 9. The summed E-state index contributed by atoms with van der Waals surface area (Å²) in [6.07, 6.45) is 9.84. The molecule has 1 aromatic carbocycles. The van der Waals surface area contributed by atoms with Crippen LogP contribution in [0, 0.1) is 5.92 Å². The molecule has 3 aromatic heterocycles. The lowest BCUT2D eigenvalue weighted by molar-refractivity contribution is -0.133. The predicted octanol–water partition coefficient (Wildman–Crippen LogP) is 3.74. The van der Waals surface area contributed by atoms with Crippen molar-refractivity contribution in [3.63, 3.8) is 0 Å². The molecule has 0 saturated carbocycles. The van der Waals surface area contributed by atoms with Gasteiger partial charge in [-0.2, -0.15) is 19.0 Å². The third-order valence-corrected chi connectivity index (χ3v) is 8.80. The number of likely N-dealkylation sites (tertiary alicyclic amines) is 1. The molecule has 238 valence electrons. The summed E-state index contributed by atoms with van der Waals surface area (Å²) in [5.74, 6) is -0.206. The van der Waals surface area contributed by atoms with E-state index in [-0.39, 0.29) is 40.7 Å². The van der Waals surface area contributed by atoms with Crippen LogP contribution in [0.5, 0.6) is 5.75 Å². The molecule has 2 saturated heterocycles. The number of thioether (sulfide) groups is 1. The maximum Gasteiger partial charge on any atom is 0.387 e. The monoisotopic (exact) mass is 640 g/mol. The summed E-state index contributed by atoms with van der Waals surface area (Å²) < 4.78 is 40.0. The highest BCUT2D eigenvalue weighted by Crippen LogP contribution is 2.38. The molecule has 2 aliphatic rings. The topological polar surface area (TPSA) is 119 Å². The van der Waals surface area contributed by atoms with Gasteiger partial charge in [-0.15, -0.1) is 11.8 Å². The number of morpholine rings is 1. The molecule has 0 aliphatic carbocycles. The Labute approximate surface area is 262 Å². The number of halogens is 2. The van der Waals surface area contributed by atoms with Crippen molar-refractivity contribution in [2.24, 2.45) is 5.92 Å². The highest BCUT2D eigenvalue weighted by molar-refractivity contribution is 7.98. The first-order chi connectivity index (χ1) is 21.9. The van der Waals surface area contributed by atoms with Crippen molar-refractivity contribution in [2.75, 3.05) is 57.5 Å². The van der Waals surface area contributed by atoms with Crippen molar-refractivity contribution in [1.82, 2.24) is 34.2 Å². The van der Waals surface area contributed by atoms with E-state index in [9.17, 15) is 18.4 Å². The predicted molar refractivity (Wildman–Crippen MR) is 164 cm³/mol. The van der Waals surface area contributed by atoms with Crippen LogP contribution in [0.25, 0.3) is 16.9 Å². The Balaban J connectivity index is 1.23. The number of fused-ring (bicyclic) bond motifs is 1. The summed E-state index contributed by atoms with van der Waals surface area (Å²) in [6.45, 7) is 2.57. The Bertz CT molecular complexity index is 1650. The molecule has 0 atom stereocenters. The van der Waals surface area contributed by atoms with Gasteiger partial charge in [-0.05, 0) is 49.3 Å². The lowest BCUT2D eigenvalue weighted by atomic mass is 9.96. The van der Waals surface area contributed by atoms with Crippen LogP contribution < -0.4 is 10.1 Å². The molecule has 2 aliphatic heterocycles. The maximum absolute atomic E-state index is 13.4. The number of aromatic nitrogens is 5. The number of nitrogens with zero attached hydrogens (tertiary/aromatic N) is 7. The van der Waals surface area contributed by atoms with Crippen molar-refractivity contribution in [3.05, 3.63) is 54.6 Å². The molecule has 12 nitrogen and oxygen atoms in total. The number of amides is 2. The van der Waals surface area contributed by atoms with Gasteiger partial charge in [-0.1, -0.05) is 0 Å². The molecule has 6 rings (SSSR count). The molecule has 15 heteroatoms. The molecule has 0 spiro atoms. The first kappa shape index (κ1) is 30.9. The molecule has 45 heavy (non-hydrogen) atoms. The second kappa shape index (κ2) is 13.9.